The van der Waals surface area contributed by atoms with E-state index < -0.39 is 14.9 Å². The maximum Gasteiger partial charge on any atom is 0.293 e. The third-order valence-corrected chi connectivity index (χ3v) is 3.87. The van der Waals surface area contributed by atoms with Crippen LogP contribution in [0.5, 0.6) is 0 Å². The molecular weight excluding hydrogens is 246 g/mol. The molecule has 0 unspecified atom stereocenters. The van der Waals surface area contributed by atoms with E-state index >= 15 is 0 Å². The van der Waals surface area contributed by atoms with Gasteiger partial charge in [0, 0.05) is 13.1 Å². The summed E-state index contributed by atoms with van der Waals surface area (Å²) in [5.74, 6) is 0. The van der Waals surface area contributed by atoms with E-state index in [-0.39, 0.29) is 16.3 Å². The van der Waals surface area contributed by atoms with Crippen molar-refractivity contribution in [3.05, 3.63) is 27.8 Å². The Morgan fingerprint density at radius 2 is 1.88 bits per heavy atom. The Labute approximate surface area is 99.0 Å². The maximum atomic E-state index is 11.6. The van der Waals surface area contributed by atoms with Gasteiger partial charge in [0.2, 0.25) is 10.0 Å². The van der Waals surface area contributed by atoms with E-state index in [0.717, 1.165) is 6.07 Å². The van der Waals surface area contributed by atoms with Crippen LogP contribution in [0, 0.1) is 17.0 Å². The summed E-state index contributed by atoms with van der Waals surface area (Å²) in [6.07, 6.45) is 0. The van der Waals surface area contributed by atoms with Crippen molar-refractivity contribution in [2.24, 2.45) is 0 Å². The van der Waals surface area contributed by atoms with Crippen LogP contribution in [0.3, 0.4) is 0 Å². The highest BCUT2D eigenvalue weighted by molar-refractivity contribution is 7.89. The zero-order valence-electron chi connectivity index (χ0n) is 9.64. The molecule has 0 saturated heterocycles. The summed E-state index contributed by atoms with van der Waals surface area (Å²) in [5, 5.41) is 13.5. The smallest absolute Gasteiger partial charge is 0.293 e. The number of rotatable bonds is 4. The molecule has 0 heterocycles. The largest absolute Gasteiger partial charge is 0.383 e. The van der Waals surface area contributed by atoms with Crippen molar-refractivity contribution in [2.75, 3.05) is 19.4 Å². The molecule has 1 aromatic carbocycles. The Kier molecular flexibility index (Phi) is 3.69. The lowest BCUT2D eigenvalue weighted by Gasteiger charge is -2.09. The minimum absolute atomic E-state index is 0.0919. The van der Waals surface area contributed by atoms with Crippen molar-refractivity contribution < 1.29 is 13.3 Å². The molecule has 7 nitrogen and oxygen atoms in total. The lowest BCUT2D eigenvalue weighted by molar-refractivity contribution is -0.384. The number of nitro groups is 1. The van der Waals surface area contributed by atoms with Crippen LogP contribution in [0.1, 0.15) is 5.56 Å². The van der Waals surface area contributed by atoms with E-state index in [1.807, 2.05) is 0 Å². The van der Waals surface area contributed by atoms with Crippen LogP contribution in [-0.2, 0) is 10.0 Å². The molecular formula is C9H13N3O4S. The molecule has 0 radical (unpaired) electrons. The molecule has 1 rings (SSSR count). The van der Waals surface area contributed by atoms with Crippen molar-refractivity contribution >= 4 is 21.4 Å². The number of hydrogen-bond donors (Lipinski definition) is 2. The lowest BCUT2D eigenvalue weighted by atomic mass is 10.2. The predicted octanol–water partition coefficient (Wildman–Crippen LogP) is 0.853. The number of benzene rings is 1. The van der Waals surface area contributed by atoms with E-state index in [1.54, 1.807) is 6.92 Å². The molecule has 0 saturated carbocycles. The monoisotopic (exact) mass is 259 g/mol. The number of hydrogen-bond acceptors (Lipinski definition) is 5. The van der Waals surface area contributed by atoms with Crippen molar-refractivity contribution in [1.29, 1.82) is 0 Å². The minimum Gasteiger partial charge on any atom is -0.383 e. The first kappa shape index (κ1) is 13.4. The average molecular weight is 259 g/mol. The third kappa shape index (κ3) is 2.53. The number of sulfonamides is 1. The fourth-order valence-corrected chi connectivity index (χ4v) is 2.40. The summed E-state index contributed by atoms with van der Waals surface area (Å²) in [4.78, 5) is 10.1. The summed E-state index contributed by atoms with van der Waals surface area (Å²) >= 11 is 0. The van der Waals surface area contributed by atoms with Crippen molar-refractivity contribution in [3.8, 4) is 0 Å². The number of nitrogens with zero attached hydrogens (tertiary/aromatic N) is 1. The second kappa shape index (κ2) is 4.68. The minimum atomic E-state index is -3.69. The van der Waals surface area contributed by atoms with Gasteiger partial charge in [-0.2, -0.15) is 0 Å². The third-order valence-electron chi connectivity index (χ3n) is 2.32. The normalized spacial score (nSPS) is 11.2. The van der Waals surface area contributed by atoms with Gasteiger partial charge in [0.15, 0.2) is 0 Å². The fourth-order valence-electron chi connectivity index (χ4n) is 1.43. The number of nitrogens with one attached hydrogen (secondary N) is 2. The van der Waals surface area contributed by atoms with E-state index in [2.05, 4.69) is 10.0 Å². The Morgan fingerprint density at radius 1 is 1.29 bits per heavy atom. The topological polar surface area (TPSA) is 101 Å². The molecule has 2 N–H and O–H groups in total. The highest BCUT2D eigenvalue weighted by atomic mass is 32.2. The van der Waals surface area contributed by atoms with Crippen LogP contribution in [0.15, 0.2) is 17.0 Å². The van der Waals surface area contributed by atoms with Crippen molar-refractivity contribution in [1.82, 2.24) is 4.72 Å². The van der Waals surface area contributed by atoms with Crippen LogP contribution in [-0.4, -0.2) is 27.4 Å². The average Bonchev–Trinajstić information content (AvgIpc) is 2.27. The quantitative estimate of drug-likeness (QED) is 0.616. The van der Waals surface area contributed by atoms with Gasteiger partial charge in [0.25, 0.3) is 5.69 Å². The van der Waals surface area contributed by atoms with Crippen LogP contribution in [0.25, 0.3) is 0 Å². The predicted molar refractivity (Wildman–Crippen MR) is 63.6 cm³/mol. The molecule has 0 aliphatic rings. The summed E-state index contributed by atoms with van der Waals surface area (Å²) in [6.45, 7) is 1.58. The first-order valence-corrected chi connectivity index (χ1v) is 6.22. The van der Waals surface area contributed by atoms with Crippen LogP contribution in [0.2, 0.25) is 0 Å². The molecule has 0 bridgehead atoms. The van der Waals surface area contributed by atoms with E-state index in [0.29, 0.717) is 5.56 Å². The second-order valence-corrected chi connectivity index (χ2v) is 5.20. The van der Waals surface area contributed by atoms with Gasteiger partial charge in [-0.15, -0.1) is 0 Å². The zero-order valence-corrected chi connectivity index (χ0v) is 10.5. The molecule has 0 amide bonds. The lowest BCUT2D eigenvalue weighted by Crippen LogP contribution is -2.20. The molecule has 0 aliphatic heterocycles. The summed E-state index contributed by atoms with van der Waals surface area (Å²) in [6, 6.07) is 2.48. The SMILES string of the molecule is CNc1cc(C)c(S(=O)(=O)NC)cc1[N+](=O)[O-]. The molecule has 8 heteroatoms. The second-order valence-electron chi connectivity index (χ2n) is 3.35. The van der Waals surface area contributed by atoms with Gasteiger partial charge >= 0.3 is 0 Å². The molecule has 94 valence electrons. The Hall–Kier alpha value is -1.67. The molecule has 0 fully saturated rings. The molecule has 0 aliphatic carbocycles. The van der Waals surface area contributed by atoms with Gasteiger partial charge in [-0.05, 0) is 25.6 Å². The first-order chi connectivity index (χ1) is 7.83. The molecule has 0 aromatic heterocycles. The van der Waals surface area contributed by atoms with Gasteiger partial charge in [-0.25, -0.2) is 13.1 Å². The maximum absolute atomic E-state index is 11.6. The standard InChI is InChI=1S/C9H13N3O4S/c1-6-4-7(10-2)8(12(13)14)5-9(6)17(15,16)11-3/h4-5,10-11H,1-3H3. The molecule has 17 heavy (non-hydrogen) atoms. The molecule has 1 aromatic rings. The van der Waals surface area contributed by atoms with Gasteiger partial charge in [0.1, 0.15) is 5.69 Å². The Morgan fingerprint density at radius 3 is 2.29 bits per heavy atom. The highest BCUT2D eigenvalue weighted by Crippen LogP contribution is 2.29. The Balaban J connectivity index is 3.56. The van der Waals surface area contributed by atoms with Crippen LogP contribution >= 0.6 is 0 Å². The van der Waals surface area contributed by atoms with E-state index in [1.165, 1.54) is 20.2 Å². The first-order valence-electron chi connectivity index (χ1n) is 4.74. The number of aryl methyl sites for hydroxylation is 1. The van der Waals surface area contributed by atoms with Crippen LogP contribution < -0.4 is 10.0 Å². The molecule has 0 spiro atoms. The number of anilines is 1. The fraction of sp³-hybridized carbons (Fsp3) is 0.333. The zero-order chi connectivity index (χ0) is 13.2. The summed E-state index contributed by atoms with van der Waals surface area (Å²) in [5.41, 5.74) is 0.448. The van der Waals surface area contributed by atoms with Crippen molar-refractivity contribution in [2.45, 2.75) is 11.8 Å². The van der Waals surface area contributed by atoms with Gasteiger partial charge in [-0.1, -0.05) is 0 Å². The number of nitro benzene ring substituents is 1. The van der Waals surface area contributed by atoms with Gasteiger partial charge in [-0.3, -0.25) is 10.1 Å². The molecule has 0 atom stereocenters. The Bertz CT molecular complexity index is 554. The van der Waals surface area contributed by atoms with Gasteiger partial charge in [0.05, 0.1) is 9.82 Å². The van der Waals surface area contributed by atoms with Crippen molar-refractivity contribution in [3.63, 3.8) is 0 Å². The summed E-state index contributed by atoms with van der Waals surface area (Å²) in [7, 11) is -0.900. The van der Waals surface area contributed by atoms with E-state index in [9.17, 15) is 18.5 Å². The van der Waals surface area contributed by atoms with Gasteiger partial charge < -0.3 is 5.32 Å². The summed E-state index contributed by atoms with van der Waals surface area (Å²) < 4.78 is 25.4. The highest BCUT2D eigenvalue weighted by Gasteiger charge is 2.22. The van der Waals surface area contributed by atoms with E-state index in [4.69, 9.17) is 0 Å². The van der Waals surface area contributed by atoms with Crippen LogP contribution in [0.4, 0.5) is 11.4 Å².